The Morgan fingerprint density at radius 3 is 2.79 bits per heavy atom. The van der Waals surface area contributed by atoms with Crippen LogP contribution in [0.1, 0.15) is 0 Å². The molecular formula is C17H14N2O3S2. The molecule has 122 valence electrons. The number of nitrogens with zero attached hydrogens (tertiary/aromatic N) is 1. The number of hydrogen-bond donors (Lipinski definition) is 1. The highest BCUT2D eigenvalue weighted by Crippen LogP contribution is 2.36. The average molecular weight is 358 g/mol. The molecule has 4 rings (SSSR count). The number of ether oxygens (including phenoxy) is 2. The predicted molar refractivity (Wildman–Crippen MR) is 98.3 cm³/mol. The molecular weight excluding hydrogens is 344 g/mol. The number of benzene rings is 2. The van der Waals surface area contributed by atoms with E-state index in [1.54, 1.807) is 4.90 Å². The Hall–Kier alpha value is -2.25. The minimum atomic E-state index is -0.0336. The first-order chi connectivity index (χ1) is 11.7. The topological polar surface area (TPSA) is 50.8 Å². The number of hydrogen-bond acceptors (Lipinski definition) is 5. The van der Waals surface area contributed by atoms with E-state index in [0.29, 0.717) is 35.6 Å². The average Bonchev–Trinajstić information content (AvgIpc) is 2.61. The van der Waals surface area contributed by atoms with Crippen molar-refractivity contribution in [2.45, 2.75) is 4.90 Å². The summed E-state index contributed by atoms with van der Waals surface area (Å²) in [4.78, 5) is 15.0. The molecule has 7 heteroatoms. The molecule has 2 aliphatic heterocycles. The van der Waals surface area contributed by atoms with Crippen molar-refractivity contribution in [2.75, 3.05) is 29.2 Å². The molecule has 0 spiro atoms. The van der Waals surface area contributed by atoms with Crippen LogP contribution in [0.5, 0.6) is 11.5 Å². The first-order valence-electron chi connectivity index (χ1n) is 7.48. The van der Waals surface area contributed by atoms with Gasteiger partial charge in [-0.3, -0.25) is 9.69 Å². The molecule has 0 bridgehead atoms. The number of rotatable bonds is 1. The smallest absolute Gasteiger partial charge is 0.243 e. The van der Waals surface area contributed by atoms with Gasteiger partial charge in [-0.05, 0) is 36.5 Å². The Morgan fingerprint density at radius 2 is 1.92 bits per heavy atom. The number of carbonyl (C=O) groups is 1. The number of nitrogens with one attached hydrogen (secondary N) is 1. The van der Waals surface area contributed by atoms with Gasteiger partial charge in [-0.15, -0.1) is 11.8 Å². The Labute approximate surface area is 148 Å². The van der Waals surface area contributed by atoms with Crippen molar-refractivity contribution in [3.63, 3.8) is 0 Å². The van der Waals surface area contributed by atoms with Gasteiger partial charge < -0.3 is 14.8 Å². The van der Waals surface area contributed by atoms with Crippen LogP contribution in [0, 0.1) is 0 Å². The number of fused-ring (bicyclic) bond motifs is 2. The standard InChI is InChI=1S/C17H14N2O3S2/c20-16-10-24-15-4-2-1-3-12(15)19(16)17(23)18-11-5-6-13-14(9-11)22-8-7-21-13/h1-6,9H,7-8,10H2,(H,18,23). The van der Waals surface area contributed by atoms with E-state index in [0.717, 1.165) is 16.3 Å². The van der Waals surface area contributed by atoms with Crippen LogP contribution < -0.4 is 19.7 Å². The zero-order chi connectivity index (χ0) is 16.5. The highest BCUT2D eigenvalue weighted by molar-refractivity contribution is 8.00. The van der Waals surface area contributed by atoms with Crippen LogP contribution >= 0.6 is 24.0 Å². The molecule has 0 saturated carbocycles. The minimum Gasteiger partial charge on any atom is -0.486 e. The number of thiocarbonyl (C=S) groups is 1. The molecule has 2 aromatic rings. The Kier molecular flexibility index (Phi) is 4.03. The zero-order valence-electron chi connectivity index (χ0n) is 12.7. The van der Waals surface area contributed by atoms with Gasteiger partial charge in [-0.1, -0.05) is 12.1 Å². The predicted octanol–water partition coefficient (Wildman–Crippen LogP) is 3.29. The quantitative estimate of drug-likeness (QED) is 0.790. The van der Waals surface area contributed by atoms with Crippen molar-refractivity contribution in [2.24, 2.45) is 0 Å². The van der Waals surface area contributed by atoms with Crippen LogP contribution in [0.4, 0.5) is 11.4 Å². The van der Waals surface area contributed by atoms with E-state index in [9.17, 15) is 4.79 Å². The van der Waals surface area contributed by atoms with Crippen LogP contribution in [-0.4, -0.2) is 30.0 Å². The van der Waals surface area contributed by atoms with E-state index < -0.39 is 0 Å². The monoisotopic (exact) mass is 358 g/mol. The molecule has 0 unspecified atom stereocenters. The summed E-state index contributed by atoms with van der Waals surface area (Å²) in [6.45, 7) is 1.07. The summed E-state index contributed by atoms with van der Waals surface area (Å²) in [5.41, 5.74) is 1.57. The molecule has 2 aromatic carbocycles. The number of thioether (sulfide) groups is 1. The van der Waals surface area contributed by atoms with Gasteiger partial charge >= 0.3 is 0 Å². The van der Waals surface area contributed by atoms with Gasteiger partial charge in [0, 0.05) is 16.6 Å². The Morgan fingerprint density at radius 1 is 1.12 bits per heavy atom. The van der Waals surface area contributed by atoms with Gasteiger partial charge in [0.2, 0.25) is 5.91 Å². The molecule has 0 saturated heterocycles. The van der Waals surface area contributed by atoms with Crippen LogP contribution in [-0.2, 0) is 4.79 Å². The molecule has 1 N–H and O–H groups in total. The molecule has 5 nitrogen and oxygen atoms in total. The summed E-state index contributed by atoms with van der Waals surface area (Å²) >= 11 is 7.00. The van der Waals surface area contributed by atoms with Gasteiger partial charge in [0.25, 0.3) is 0 Å². The highest BCUT2D eigenvalue weighted by atomic mass is 32.2. The van der Waals surface area contributed by atoms with E-state index >= 15 is 0 Å². The summed E-state index contributed by atoms with van der Waals surface area (Å²) in [6, 6.07) is 13.3. The van der Waals surface area contributed by atoms with Gasteiger partial charge in [-0.25, -0.2) is 0 Å². The number of para-hydroxylation sites is 1. The van der Waals surface area contributed by atoms with E-state index in [1.165, 1.54) is 11.8 Å². The maximum Gasteiger partial charge on any atom is 0.243 e. The third-order valence-electron chi connectivity index (χ3n) is 3.70. The largest absolute Gasteiger partial charge is 0.486 e. The second-order valence-electron chi connectivity index (χ2n) is 5.27. The molecule has 0 aromatic heterocycles. The molecule has 24 heavy (non-hydrogen) atoms. The van der Waals surface area contributed by atoms with Gasteiger partial charge in [0.1, 0.15) is 13.2 Å². The molecule has 0 radical (unpaired) electrons. The van der Waals surface area contributed by atoms with Gasteiger partial charge in [0.05, 0.1) is 11.4 Å². The minimum absolute atomic E-state index is 0.0336. The van der Waals surface area contributed by atoms with Crippen LogP contribution in [0.15, 0.2) is 47.4 Å². The van der Waals surface area contributed by atoms with Crippen LogP contribution in [0.3, 0.4) is 0 Å². The number of anilines is 2. The van der Waals surface area contributed by atoms with Crippen molar-refractivity contribution < 1.29 is 14.3 Å². The molecule has 0 aliphatic carbocycles. The summed E-state index contributed by atoms with van der Waals surface area (Å²) in [5, 5.41) is 3.48. The van der Waals surface area contributed by atoms with Crippen molar-refractivity contribution in [1.29, 1.82) is 0 Å². The maximum absolute atomic E-state index is 12.4. The highest BCUT2D eigenvalue weighted by Gasteiger charge is 2.27. The lowest BCUT2D eigenvalue weighted by molar-refractivity contribution is -0.115. The first kappa shape index (κ1) is 15.3. The maximum atomic E-state index is 12.4. The van der Waals surface area contributed by atoms with Crippen molar-refractivity contribution in [1.82, 2.24) is 0 Å². The summed E-state index contributed by atoms with van der Waals surface area (Å²) in [7, 11) is 0. The van der Waals surface area contributed by atoms with E-state index in [1.807, 2.05) is 42.5 Å². The third-order valence-corrected chi connectivity index (χ3v) is 5.04. The summed E-state index contributed by atoms with van der Waals surface area (Å²) < 4.78 is 11.1. The van der Waals surface area contributed by atoms with Crippen molar-refractivity contribution in [3.05, 3.63) is 42.5 Å². The Bertz CT molecular complexity index is 825. The van der Waals surface area contributed by atoms with E-state index in [-0.39, 0.29) is 5.91 Å². The number of amides is 1. The third kappa shape index (κ3) is 2.81. The van der Waals surface area contributed by atoms with Crippen molar-refractivity contribution >= 4 is 46.4 Å². The molecule has 2 aliphatic rings. The molecule has 1 amide bonds. The van der Waals surface area contributed by atoms with E-state index in [2.05, 4.69) is 5.32 Å². The normalized spacial score (nSPS) is 15.7. The zero-order valence-corrected chi connectivity index (χ0v) is 14.3. The first-order valence-corrected chi connectivity index (χ1v) is 8.87. The van der Waals surface area contributed by atoms with E-state index in [4.69, 9.17) is 21.7 Å². The van der Waals surface area contributed by atoms with Crippen LogP contribution in [0.25, 0.3) is 0 Å². The molecule has 0 atom stereocenters. The van der Waals surface area contributed by atoms with Gasteiger partial charge in [-0.2, -0.15) is 0 Å². The SMILES string of the molecule is O=C1CSc2ccccc2N1C(=S)Nc1ccc2c(c1)OCCO2. The van der Waals surface area contributed by atoms with Gasteiger partial charge in [0.15, 0.2) is 16.6 Å². The Balaban J connectivity index is 1.59. The van der Waals surface area contributed by atoms with Crippen LogP contribution in [0.2, 0.25) is 0 Å². The summed E-state index contributed by atoms with van der Waals surface area (Å²) in [6.07, 6.45) is 0. The van der Waals surface area contributed by atoms with Crippen molar-refractivity contribution in [3.8, 4) is 11.5 Å². The lowest BCUT2D eigenvalue weighted by atomic mass is 10.2. The summed E-state index contributed by atoms with van der Waals surface area (Å²) in [5.74, 6) is 1.73. The fourth-order valence-corrected chi connectivity index (χ4v) is 3.83. The lowest BCUT2D eigenvalue weighted by Gasteiger charge is -2.29. The fourth-order valence-electron chi connectivity index (χ4n) is 2.63. The molecule has 0 fully saturated rings. The lowest BCUT2D eigenvalue weighted by Crippen LogP contribution is -2.43. The molecule has 2 heterocycles. The second kappa shape index (κ2) is 6.33. The number of carbonyl (C=O) groups excluding carboxylic acids is 1. The second-order valence-corrected chi connectivity index (χ2v) is 6.68. The fraction of sp³-hybridized carbons (Fsp3) is 0.176.